The van der Waals surface area contributed by atoms with Crippen molar-refractivity contribution in [2.24, 2.45) is 7.05 Å². The maximum Gasteiger partial charge on any atom is 0.240 e. The molecule has 1 saturated heterocycles. The molecule has 6 heteroatoms. The fourth-order valence-electron chi connectivity index (χ4n) is 2.74. The van der Waals surface area contributed by atoms with E-state index in [1.54, 1.807) is 4.68 Å². The van der Waals surface area contributed by atoms with Gasteiger partial charge in [-0.1, -0.05) is 12.1 Å². The molecule has 1 aliphatic heterocycles. The van der Waals surface area contributed by atoms with Gasteiger partial charge in [0.2, 0.25) is 11.8 Å². The summed E-state index contributed by atoms with van der Waals surface area (Å²) in [6.07, 6.45) is 0.397. The number of aryl methyl sites for hydroxylation is 1. The number of nitrogens with zero attached hydrogens (tertiary/aromatic N) is 4. The van der Waals surface area contributed by atoms with Crippen molar-refractivity contribution in [3.63, 3.8) is 0 Å². The number of likely N-dealkylation sites (N-methyl/N-ethyl adjacent to an activating group) is 1. The van der Waals surface area contributed by atoms with Crippen molar-refractivity contribution in [2.45, 2.75) is 6.42 Å². The molecule has 6 nitrogen and oxygen atoms in total. The molecule has 0 bridgehead atoms. The zero-order valence-electron chi connectivity index (χ0n) is 13.2. The minimum atomic E-state index is 0.160. The summed E-state index contributed by atoms with van der Waals surface area (Å²) in [5.74, 6) is 0.762. The molecule has 1 fully saturated rings. The number of para-hydroxylation sites is 1. The Bertz CT molecular complexity index is 659. The fraction of sp³-hybridized carbons (Fsp3) is 0.500. The van der Waals surface area contributed by atoms with Crippen LogP contribution in [0.15, 0.2) is 24.3 Å². The van der Waals surface area contributed by atoms with Crippen LogP contribution in [0.2, 0.25) is 0 Å². The van der Waals surface area contributed by atoms with Crippen LogP contribution in [0.5, 0.6) is 5.88 Å². The molecule has 0 unspecified atom stereocenters. The van der Waals surface area contributed by atoms with E-state index in [0.717, 1.165) is 37.1 Å². The molecule has 0 radical (unpaired) electrons. The van der Waals surface area contributed by atoms with Crippen molar-refractivity contribution in [1.29, 1.82) is 0 Å². The van der Waals surface area contributed by atoms with Gasteiger partial charge in [-0.2, -0.15) is 0 Å². The van der Waals surface area contributed by atoms with Gasteiger partial charge in [-0.05, 0) is 19.2 Å². The van der Waals surface area contributed by atoms with Gasteiger partial charge in [0.1, 0.15) is 0 Å². The number of amides is 1. The summed E-state index contributed by atoms with van der Waals surface area (Å²) in [4.78, 5) is 16.3. The van der Waals surface area contributed by atoms with Gasteiger partial charge in [0.15, 0.2) is 0 Å². The molecule has 1 aromatic heterocycles. The average molecular weight is 302 g/mol. The van der Waals surface area contributed by atoms with E-state index in [1.807, 2.05) is 36.2 Å². The topological polar surface area (TPSA) is 50.6 Å². The second-order valence-corrected chi connectivity index (χ2v) is 5.73. The maximum absolute atomic E-state index is 12.2. The van der Waals surface area contributed by atoms with E-state index in [2.05, 4.69) is 17.0 Å². The Hall–Kier alpha value is -2.08. The minimum Gasteiger partial charge on any atom is -0.476 e. The van der Waals surface area contributed by atoms with Crippen LogP contribution in [0.1, 0.15) is 6.42 Å². The highest BCUT2D eigenvalue weighted by atomic mass is 16.5. The molecule has 0 aliphatic carbocycles. The van der Waals surface area contributed by atoms with Crippen LogP contribution >= 0.6 is 0 Å². The van der Waals surface area contributed by atoms with Crippen molar-refractivity contribution >= 4 is 16.8 Å². The fourth-order valence-corrected chi connectivity index (χ4v) is 2.74. The first-order valence-electron chi connectivity index (χ1n) is 7.66. The lowest BCUT2D eigenvalue weighted by molar-refractivity contribution is -0.133. The van der Waals surface area contributed by atoms with E-state index in [9.17, 15) is 4.79 Å². The largest absolute Gasteiger partial charge is 0.476 e. The predicted octanol–water partition coefficient (Wildman–Crippen LogP) is 1.12. The second-order valence-electron chi connectivity index (χ2n) is 5.73. The number of rotatable bonds is 4. The molecule has 0 saturated carbocycles. The van der Waals surface area contributed by atoms with Gasteiger partial charge < -0.3 is 14.5 Å². The maximum atomic E-state index is 12.2. The third-order valence-corrected chi connectivity index (χ3v) is 4.13. The second kappa shape index (κ2) is 6.36. The molecule has 1 amide bonds. The van der Waals surface area contributed by atoms with Crippen molar-refractivity contribution in [3.8, 4) is 5.88 Å². The smallest absolute Gasteiger partial charge is 0.240 e. The average Bonchev–Trinajstić information content (AvgIpc) is 2.85. The monoisotopic (exact) mass is 302 g/mol. The summed E-state index contributed by atoms with van der Waals surface area (Å²) in [6, 6.07) is 7.93. The molecule has 2 aromatic rings. The highest BCUT2D eigenvalue weighted by Crippen LogP contribution is 2.23. The van der Waals surface area contributed by atoms with Crippen LogP contribution in [-0.2, 0) is 11.8 Å². The molecule has 1 aromatic carbocycles. The quantitative estimate of drug-likeness (QED) is 0.849. The van der Waals surface area contributed by atoms with Crippen LogP contribution < -0.4 is 4.74 Å². The highest BCUT2D eigenvalue weighted by molar-refractivity contribution is 5.84. The van der Waals surface area contributed by atoms with E-state index in [1.165, 1.54) is 0 Å². The number of hydrogen-bond donors (Lipinski definition) is 0. The van der Waals surface area contributed by atoms with Gasteiger partial charge in [0.25, 0.3) is 0 Å². The Balaban J connectivity index is 1.55. The van der Waals surface area contributed by atoms with Gasteiger partial charge >= 0.3 is 0 Å². The molecule has 3 rings (SSSR count). The SMILES string of the molecule is CN1CCN(C(=O)CCOc2nn(C)c3ccccc23)CC1. The van der Waals surface area contributed by atoms with Gasteiger partial charge in [0, 0.05) is 33.2 Å². The number of benzene rings is 1. The molecule has 0 N–H and O–H groups in total. The summed E-state index contributed by atoms with van der Waals surface area (Å²) < 4.78 is 7.53. The molecule has 118 valence electrons. The summed E-state index contributed by atoms with van der Waals surface area (Å²) >= 11 is 0. The number of carbonyl (C=O) groups is 1. The first kappa shape index (κ1) is 14.8. The van der Waals surface area contributed by atoms with E-state index < -0.39 is 0 Å². The van der Waals surface area contributed by atoms with Crippen LogP contribution in [0, 0.1) is 0 Å². The third-order valence-electron chi connectivity index (χ3n) is 4.13. The minimum absolute atomic E-state index is 0.160. The molecule has 22 heavy (non-hydrogen) atoms. The van der Waals surface area contributed by atoms with E-state index in [0.29, 0.717) is 18.9 Å². The Kier molecular flexibility index (Phi) is 4.29. The van der Waals surface area contributed by atoms with Crippen LogP contribution in [-0.4, -0.2) is 65.3 Å². The number of hydrogen-bond acceptors (Lipinski definition) is 4. The number of fused-ring (bicyclic) bond motifs is 1. The molecular weight excluding hydrogens is 280 g/mol. The lowest BCUT2D eigenvalue weighted by Crippen LogP contribution is -2.47. The summed E-state index contributed by atoms with van der Waals surface area (Å²) in [7, 11) is 3.97. The van der Waals surface area contributed by atoms with Gasteiger partial charge in [0.05, 0.1) is 23.9 Å². The molecule has 0 atom stereocenters. The summed E-state index contributed by atoms with van der Waals surface area (Å²) in [5, 5.41) is 5.36. The molecule has 1 aliphatic rings. The first-order chi connectivity index (χ1) is 10.6. The van der Waals surface area contributed by atoms with Crippen molar-refractivity contribution in [3.05, 3.63) is 24.3 Å². The van der Waals surface area contributed by atoms with E-state index >= 15 is 0 Å². The summed E-state index contributed by atoms with van der Waals surface area (Å²) in [6.45, 7) is 3.87. The van der Waals surface area contributed by atoms with E-state index in [4.69, 9.17) is 4.74 Å². The first-order valence-corrected chi connectivity index (χ1v) is 7.66. The Labute approximate surface area is 130 Å². The highest BCUT2D eigenvalue weighted by Gasteiger charge is 2.19. The lowest BCUT2D eigenvalue weighted by Gasteiger charge is -2.32. The number of carbonyl (C=O) groups excluding carboxylic acids is 1. The third kappa shape index (κ3) is 3.06. The number of aromatic nitrogens is 2. The van der Waals surface area contributed by atoms with Gasteiger partial charge in [-0.3, -0.25) is 9.48 Å². The summed E-state index contributed by atoms with van der Waals surface area (Å²) in [5.41, 5.74) is 1.03. The molecule has 0 spiro atoms. The molecule has 2 heterocycles. The lowest BCUT2D eigenvalue weighted by atomic mass is 10.2. The number of piperazine rings is 1. The van der Waals surface area contributed by atoms with Crippen molar-refractivity contribution in [1.82, 2.24) is 19.6 Å². The van der Waals surface area contributed by atoms with Crippen LogP contribution in [0.25, 0.3) is 10.9 Å². The molecular formula is C16H22N4O2. The zero-order chi connectivity index (χ0) is 15.5. The van der Waals surface area contributed by atoms with Crippen molar-refractivity contribution < 1.29 is 9.53 Å². The van der Waals surface area contributed by atoms with Gasteiger partial charge in [-0.25, -0.2) is 0 Å². The van der Waals surface area contributed by atoms with Crippen LogP contribution in [0.3, 0.4) is 0 Å². The van der Waals surface area contributed by atoms with Gasteiger partial charge in [-0.15, -0.1) is 5.10 Å². The normalized spacial score (nSPS) is 16.2. The van der Waals surface area contributed by atoms with Crippen molar-refractivity contribution in [2.75, 3.05) is 39.8 Å². The Morgan fingerprint density at radius 1 is 1.18 bits per heavy atom. The number of ether oxygens (including phenoxy) is 1. The standard InChI is InChI=1S/C16H22N4O2/c1-18-8-10-20(11-9-18)15(21)7-12-22-16-13-5-3-4-6-14(13)19(2)17-16/h3-6H,7-12H2,1-2H3. The zero-order valence-corrected chi connectivity index (χ0v) is 13.2. The Morgan fingerprint density at radius 3 is 2.68 bits per heavy atom. The van der Waals surface area contributed by atoms with Crippen LogP contribution in [0.4, 0.5) is 0 Å². The predicted molar refractivity (Wildman–Crippen MR) is 84.9 cm³/mol. The Morgan fingerprint density at radius 2 is 1.91 bits per heavy atom. The van der Waals surface area contributed by atoms with E-state index in [-0.39, 0.29) is 5.91 Å².